The van der Waals surface area contributed by atoms with E-state index in [1.165, 1.54) is 5.56 Å². The van der Waals surface area contributed by atoms with Crippen LogP contribution < -0.4 is 9.64 Å². The molecule has 0 saturated heterocycles. The lowest BCUT2D eigenvalue weighted by Crippen LogP contribution is -2.39. The van der Waals surface area contributed by atoms with Crippen molar-refractivity contribution in [3.05, 3.63) is 57.6 Å². The minimum absolute atomic E-state index is 0.290. The molecule has 0 fully saturated rings. The number of carbonyl (C=O) groups is 1. The number of hydrogen-bond acceptors (Lipinski definition) is 3. The van der Waals surface area contributed by atoms with Crippen molar-refractivity contribution in [2.24, 2.45) is 0 Å². The van der Waals surface area contributed by atoms with Gasteiger partial charge in [0.25, 0.3) is 0 Å². The van der Waals surface area contributed by atoms with Crippen molar-refractivity contribution in [2.75, 3.05) is 11.4 Å². The summed E-state index contributed by atoms with van der Waals surface area (Å²) in [6.45, 7) is 8.93. The standard InChI is InChI=1S/C22H26BrNO3/c1-15-17(7-5-9-19(15)23)14-26-18-10-11-20-16(13-18)8-6-12-24(20)21(25)27-22(2,3)4/h5,7,9-11,13H,6,8,12,14H2,1-4H3. The van der Waals surface area contributed by atoms with Gasteiger partial charge in [0.05, 0.1) is 5.69 Å². The Morgan fingerprint density at radius 3 is 2.74 bits per heavy atom. The largest absolute Gasteiger partial charge is 0.489 e. The van der Waals surface area contributed by atoms with E-state index < -0.39 is 5.60 Å². The summed E-state index contributed by atoms with van der Waals surface area (Å²) in [6, 6.07) is 12.0. The molecule has 144 valence electrons. The molecule has 4 nitrogen and oxygen atoms in total. The number of ether oxygens (including phenoxy) is 2. The lowest BCUT2D eigenvalue weighted by molar-refractivity contribution is 0.0578. The number of aryl methyl sites for hydroxylation is 1. The molecule has 1 amide bonds. The summed E-state index contributed by atoms with van der Waals surface area (Å²) >= 11 is 3.56. The molecule has 1 aliphatic rings. The van der Waals surface area contributed by atoms with Crippen LogP contribution in [-0.4, -0.2) is 18.2 Å². The van der Waals surface area contributed by atoms with Crippen molar-refractivity contribution in [1.82, 2.24) is 0 Å². The van der Waals surface area contributed by atoms with Gasteiger partial charge in [0, 0.05) is 11.0 Å². The highest BCUT2D eigenvalue weighted by Crippen LogP contribution is 2.32. The zero-order valence-corrected chi connectivity index (χ0v) is 17.9. The predicted octanol–water partition coefficient (Wildman–Crippen LogP) is 6.02. The fourth-order valence-corrected chi connectivity index (χ4v) is 3.55. The van der Waals surface area contributed by atoms with Gasteiger partial charge in [0.2, 0.25) is 0 Å². The Morgan fingerprint density at radius 2 is 2.00 bits per heavy atom. The van der Waals surface area contributed by atoms with Crippen LogP contribution in [0.5, 0.6) is 5.75 Å². The summed E-state index contributed by atoms with van der Waals surface area (Å²) in [5, 5.41) is 0. The van der Waals surface area contributed by atoms with E-state index in [1.807, 2.05) is 51.1 Å². The maximum atomic E-state index is 12.5. The second-order valence-electron chi connectivity index (χ2n) is 7.84. The van der Waals surface area contributed by atoms with E-state index in [0.29, 0.717) is 13.2 Å². The lowest BCUT2D eigenvalue weighted by Gasteiger charge is -2.31. The topological polar surface area (TPSA) is 38.8 Å². The molecule has 0 aromatic heterocycles. The normalized spacial score (nSPS) is 13.9. The van der Waals surface area contributed by atoms with Crippen molar-refractivity contribution in [3.63, 3.8) is 0 Å². The summed E-state index contributed by atoms with van der Waals surface area (Å²) in [7, 11) is 0. The smallest absolute Gasteiger partial charge is 0.414 e. The predicted molar refractivity (Wildman–Crippen MR) is 112 cm³/mol. The Bertz CT molecular complexity index is 842. The Kier molecular flexibility index (Phi) is 5.80. The molecule has 0 unspecified atom stereocenters. The number of benzene rings is 2. The Balaban J connectivity index is 1.74. The van der Waals surface area contributed by atoms with Crippen molar-refractivity contribution >= 4 is 27.7 Å². The highest BCUT2D eigenvalue weighted by molar-refractivity contribution is 9.10. The van der Waals surface area contributed by atoms with E-state index in [0.717, 1.165) is 39.9 Å². The Hall–Kier alpha value is -2.01. The molecule has 2 aromatic carbocycles. The van der Waals surface area contributed by atoms with E-state index in [2.05, 4.69) is 28.9 Å². The number of fused-ring (bicyclic) bond motifs is 1. The van der Waals surface area contributed by atoms with Crippen molar-refractivity contribution < 1.29 is 14.3 Å². The van der Waals surface area contributed by atoms with E-state index >= 15 is 0 Å². The van der Waals surface area contributed by atoms with Gasteiger partial charge in [-0.1, -0.05) is 28.1 Å². The quantitative estimate of drug-likeness (QED) is 0.595. The van der Waals surface area contributed by atoms with Crippen LogP contribution in [0.25, 0.3) is 0 Å². The highest BCUT2D eigenvalue weighted by atomic mass is 79.9. The average molecular weight is 432 g/mol. The first-order valence-electron chi connectivity index (χ1n) is 9.25. The van der Waals surface area contributed by atoms with Crippen LogP contribution in [0.4, 0.5) is 10.5 Å². The number of halogens is 1. The Morgan fingerprint density at radius 1 is 1.22 bits per heavy atom. The molecule has 3 rings (SSSR count). The molecule has 0 atom stereocenters. The molecule has 1 heterocycles. The maximum absolute atomic E-state index is 12.5. The van der Waals surface area contributed by atoms with Gasteiger partial charge >= 0.3 is 6.09 Å². The molecule has 27 heavy (non-hydrogen) atoms. The van der Waals surface area contributed by atoms with Crippen LogP contribution in [-0.2, 0) is 17.8 Å². The number of amides is 1. The van der Waals surface area contributed by atoms with E-state index in [1.54, 1.807) is 4.90 Å². The molecular weight excluding hydrogens is 406 g/mol. The maximum Gasteiger partial charge on any atom is 0.414 e. The third-order valence-corrected chi connectivity index (χ3v) is 5.42. The summed E-state index contributed by atoms with van der Waals surface area (Å²) in [6.07, 6.45) is 1.56. The van der Waals surface area contributed by atoms with Crippen molar-refractivity contribution in [2.45, 2.75) is 52.7 Å². The van der Waals surface area contributed by atoms with Crippen LogP contribution in [0.2, 0.25) is 0 Å². The zero-order chi connectivity index (χ0) is 19.6. The van der Waals surface area contributed by atoms with Crippen LogP contribution in [0.3, 0.4) is 0 Å². The molecule has 0 radical (unpaired) electrons. The van der Waals surface area contributed by atoms with Crippen LogP contribution >= 0.6 is 15.9 Å². The molecule has 1 aliphatic heterocycles. The molecule has 2 aromatic rings. The molecule has 0 saturated carbocycles. The Labute approximate surface area is 169 Å². The van der Waals surface area contributed by atoms with E-state index in [-0.39, 0.29) is 6.09 Å². The monoisotopic (exact) mass is 431 g/mol. The molecular formula is C22H26BrNO3. The van der Waals surface area contributed by atoms with Gasteiger partial charge in [-0.15, -0.1) is 0 Å². The van der Waals surface area contributed by atoms with Gasteiger partial charge in [-0.05, 0) is 81.5 Å². The first-order chi connectivity index (χ1) is 12.7. The van der Waals surface area contributed by atoms with Gasteiger partial charge in [-0.3, -0.25) is 4.90 Å². The van der Waals surface area contributed by atoms with Crippen molar-refractivity contribution in [1.29, 1.82) is 0 Å². The van der Waals surface area contributed by atoms with Crippen LogP contribution in [0, 0.1) is 6.92 Å². The average Bonchev–Trinajstić information content (AvgIpc) is 2.60. The lowest BCUT2D eigenvalue weighted by atomic mass is 10.0. The molecule has 0 N–H and O–H groups in total. The second kappa shape index (κ2) is 7.93. The fraction of sp³-hybridized carbons (Fsp3) is 0.409. The number of carbonyl (C=O) groups excluding carboxylic acids is 1. The number of hydrogen-bond donors (Lipinski definition) is 0. The van der Waals surface area contributed by atoms with Gasteiger partial charge in [-0.25, -0.2) is 4.79 Å². The minimum Gasteiger partial charge on any atom is -0.489 e. The molecule has 0 aliphatic carbocycles. The minimum atomic E-state index is -0.500. The van der Waals surface area contributed by atoms with Gasteiger partial charge in [-0.2, -0.15) is 0 Å². The van der Waals surface area contributed by atoms with Crippen molar-refractivity contribution in [3.8, 4) is 5.75 Å². The second-order valence-corrected chi connectivity index (χ2v) is 8.69. The fourth-order valence-electron chi connectivity index (χ4n) is 3.14. The summed E-state index contributed by atoms with van der Waals surface area (Å²) in [5.41, 5.74) is 3.88. The van der Waals surface area contributed by atoms with Crippen LogP contribution in [0.15, 0.2) is 40.9 Å². The highest BCUT2D eigenvalue weighted by Gasteiger charge is 2.27. The van der Waals surface area contributed by atoms with Gasteiger partial charge < -0.3 is 9.47 Å². The summed E-state index contributed by atoms with van der Waals surface area (Å²) in [5.74, 6) is 0.819. The zero-order valence-electron chi connectivity index (χ0n) is 16.3. The molecule has 5 heteroatoms. The third kappa shape index (κ3) is 4.83. The SMILES string of the molecule is Cc1c(Br)cccc1COc1ccc2c(c1)CCCN2C(=O)OC(C)(C)C. The van der Waals surface area contributed by atoms with Gasteiger partial charge in [0.15, 0.2) is 0 Å². The summed E-state index contributed by atoms with van der Waals surface area (Å²) in [4.78, 5) is 14.2. The van der Waals surface area contributed by atoms with Gasteiger partial charge in [0.1, 0.15) is 18.0 Å². The molecule has 0 spiro atoms. The number of anilines is 1. The van der Waals surface area contributed by atoms with E-state index in [9.17, 15) is 4.79 Å². The number of rotatable bonds is 3. The molecule has 0 bridgehead atoms. The first-order valence-corrected chi connectivity index (χ1v) is 10.0. The number of nitrogens with zero attached hydrogens (tertiary/aromatic N) is 1. The van der Waals surface area contributed by atoms with Crippen LogP contribution in [0.1, 0.15) is 43.9 Å². The first kappa shape index (κ1) is 19.7. The van der Waals surface area contributed by atoms with E-state index in [4.69, 9.17) is 9.47 Å². The summed E-state index contributed by atoms with van der Waals surface area (Å²) < 4.78 is 12.6. The third-order valence-electron chi connectivity index (χ3n) is 4.56.